The van der Waals surface area contributed by atoms with Crippen molar-refractivity contribution in [2.45, 2.75) is 0 Å². The van der Waals surface area contributed by atoms with Crippen LogP contribution in [0.5, 0.6) is 0 Å². The van der Waals surface area contributed by atoms with E-state index in [4.69, 9.17) is 23.2 Å². The summed E-state index contributed by atoms with van der Waals surface area (Å²) in [6, 6.07) is 11.1. The second kappa shape index (κ2) is 5.17. The molecule has 3 aromatic rings. The van der Waals surface area contributed by atoms with Gasteiger partial charge in [-0.05, 0) is 35.7 Å². The van der Waals surface area contributed by atoms with Crippen molar-refractivity contribution in [2.24, 2.45) is 0 Å². The van der Waals surface area contributed by atoms with E-state index in [9.17, 15) is 9.18 Å². The first-order valence-electron chi connectivity index (χ1n) is 5.74. The Morgan fingerprint density at radius 3 is 2.70 bits per heavy atom. The van der Waals surface area contributed by atoms with Crippen molar-refractivity contribution >= 4 is 50.4 Å². The molecule has 0 aliphatic heterocycles. The number of carbonyl (C=O) groups excluding carboxylic acids is 1. The molecule has 0 saturated heterocycles. The lowest BCUT2D eigenvalue weighted by atomic mass is 10.1. The van der Waals surface area contributed by atoms with Crippen LogP contribution in [0.1, 0.15) is 15.2 Å². The lowest BCUT2D eigenvalue weighted by Gasteiger charge is -2.02. The largest absolute Gasteiger partial charge is 0.288 e. The van der Waals surface area contributed by atoms with Crippen molar-refractivity contribution in [3.63, 3.8) is 0 Å². The van der Waals surface area contributed by atoms with Crippen molar-refractivity contribution in [1.29, 1.82) is 0 Å². The van der Waals surface area contributed by atoms with E-state index in [2.05, 4.69) is 0 Å². The Hall–Kier alpha value is -1.42. The summed E-state index contributed by atoms with van der Waals surface area (Å²) in [5.74, 6) is -0.529. The number of hydrogen-bond donors (Lipinski definition) is 0. The van der Waals surface area contributed by atoms with Crippen molar-refractivity contribution in [3.05, 3.63) is 68.8 Å². The third-order valence-electron chi connectivity index (χ3n) is 2.90. The Balaban J connectivity index is 2.10. The molecule has 0 amide bonds. The standard InChI is InChI=1S/C15H7Cl2FOS/c16-11-3-1-2-10(14(11)17)15(19)13-6-8-4-5-9(18)7-12(8)20-13/h1-7H. The smallest absolute Gasteiger partial charge is 0.204 e. The van der Waals surface area contributed by atoms with E-state index >= 15 is 0 Å². The normalized spacial score (nSPS) is 10.9. The number of fused-ring (bicyclic) bond motifs is 1. The fourth-order valence-electron chi connectivity index (χ4n) is 1.93. The summed E-state index contributed by atoms with van der Waals surface area (Å²) in [6.07, 6.45) is 0. The quantitative estimate of drug-likeness (QED) is 0.562. The van der Waals surface area contributed by atoms with Crippen molar-refractivity contribution < 1.29 is 9.18 Å². The van der Waals surface area contributed by atoms with Gasteiger partial charge in [-0.3, -0.25) is 4.79 Å². The predicted octanol–water partition coefficient (Wildman–Crippen LogP) is 5.58. The molecule has 0 aliphatic carbocycles. The highest BCUT2D eigenvalue weighted by Gasteiger charge is 2.17. The number of halogens is 3. The topological polar surface area (TPSA) is 17.1 Å². The maximum absolute atomic E-state index is 13.2. The molecule has 1 nitrogen and oxygen atoms in total. The van der Waals surface area contributed by atoms with Gasteiger partial charge in [0.1, 0.15) is 5.82 Å². The molecule has 0 fully saturated rings. The highest BCUT2D eigenvalue weighted by molar-refractivity contribution is 7.21. The third kappa shape index (κ3) is 2.33. The first-order chi connectivity index (χ1) is 9.56. The molecule has 0 N–H and O–H groups in total. The molecule has 0 radical (unpaired) electrons. The fraction of sp³-hybridized carbons (Fsp3) is 0. The van der Waals surface area contributed by atoms with E-state index in [0.717, 1.165) is 10.1 Å². The summed E-state index contributed by atoms with van der Waals surface area (Å²) in [5, 5.41) is 1.41. The van der Waals surface area contributed by atoms with Crippen LogP contribution in [0.2, 0.25) is 10.0 Å². The summed E-state index contributed by atoms with van der Waals surface area (Å²) >= 11 is 13.2. The molecule has 0 spiro atoms. The number of carbonyl (C=O) groups is 1. The van der Waals surface area contributed by atoms with Crippen LogP contribution < -0.4 is 0 Å². The molecular formula is C15H7Cl2FOS. The van der Waals surface area contributed by atoms with E-state index < -0.39 is 0 Å². The summed E-state index contributed by atoms with van der Waals surface area (Å²) in [4.78, 5) is 13.0. The maximum atomic E-state index is 13.2. The molecule has 0 aliphatic rings. The monoisotopic (exact) mass is 324 g/mol. The fourth-order valence-corrected chi connectivity index (χ4v) is 3.36. The minimum atomic E-state index is -0.320. The SMILES string of the molecule is O=C(c1cc2ccc(F)cc2s1)c1cccc(Cl)c1Cl. The van der Waals surface area contributed by atoms with E-state index in [0.29, 0.717) is 15.5 Å². The first-order valence-corrected chi connectivity index (χ1v) is 7.31. The second-order valence-electron chi connectivity index (χ2n) is 4.22. The molecule has 0 atom stereocenters. The number of rotatable bonds is 2. The first kappa shape index (κ1) is 13.6. The second-order valence-corrected chi connectivity index (χ2v) is 6.09. The summed E-state index contributed by atoms with van der Waals surface area (Å²) in [6.45, 7) is 0. The zero-order chi connectivity index (χ0) is 14.3. The van der Waals surface area contributed by atoms with E-state index in [1.165, 1.54) is 23.5 Å². The Morgan fingerprint density at radius 2 is 1.90 bits per heavy atom. The van der Waals surface area contributed by atoms with Crippen molar-refractivity contribution in [2.75, 3.05) is 0 Å². The Labute approximate surface area is 128 Å². The molecule has 0 saturated carbocycles. The molecule has 0 bridgehead atoms. The van der Waals surface area contributed by atoms with Crippen LogP contribution in [0.3, 0.4) is 0 Å². The van der Waals surface area contributed by atoms with Gasteiger partial charge in [0.25, 0.3) is 0 Å². The van der Waals surface area contributed by atoms with Gasteiger partial charge in [0, 0.05) is 10.3 Å². The molecule has 0 unspecified atom stereocenters. The molecule has 3 rings (SSSR count). The lowest BCUT2D eigenvalue weighted by Crippen LogP contribution is -1.99. The third-order valence-corrected chi connectivity index (χ3v) is 4.82. The van der Waals surface area contributed by atoms with E-state index in [1.54, 1.807) is 30.3 Å². The minimum absolute atomic E-state index is 0.209. The maximum Gasteiger partial charge on any atom is 0.204 e. The highest BCUT2D eigenvalue weighted by Crippen LogP contribution is 2.32. The van der Waals surface area contributed by atoms with Crippen LogP contribution in [-0.4, -0.2) is 5.78 Å². The van der Waals surface area contributed by atoms with Gasteiger partial charge in [-0.1, -0.05) is 35.3 Å². The van der Waals surface area contributed by atoms with E-state index in [-0.39, 0.29) is 16.6 Å². The molecule has 2 aromatic carbocycles. The summed E-state index contributed by atoms with van der Waals surface area (Å²) < 4.78 is 13.9. The van der Waals surface area contributed by atoms with Gasteiger partial charge in [0.2, 0.25) is 5.78 Å². The molecule has 1 aromatic heterocycles. The highest BCUT2D eigenvalue weighted by atomic mass is 35.5. The molecule has 1 heterocycles. The van der Waals surface area contributed by atoms with Crippen LogP contribution in [0.15, 0.2) is 42.5 Å². The number of ketones is 1. The van der Waals surface area contributed by atoms with Crippen molar-refractivity contribution in [1.82, 2.24) is 0 Å². The summed E-state index contributed by atoms with van der Waals surface area (Å²) in [5.41, 5.74) is 0.353. The van der Waals surface area contributed by atoms with Gasteiger partial charge in [-0.15, -0.1) is 11.3 Å². The van der Waals surface area contributed by atoms with Gasteiger partial charge in [-0.25, -0.2) is 4.39 Å². The van der Waals surface area contributed by atoms with Crippen LogP contribution in [0, 0.1) is 5.82 Å². The Bertz CT molecular complexity index is 826. The van der Waals surface area contributed by atoms with Crippen LogP contribution in [-0.2, 0) is 0 Å². The molecule has 100 valence electrons. The Kier molecular flexibility index (Phi) is 3.50. The van der Waals surface area contributed by atoms with Crippen LogP contribution in [0.4, 0.5) is 4.39 Å². The van der Waals surface area contributed by atoms with Gasteiger partial charge < -0.3 is 0 Å². The zero-order valence-electron chi connectivity index (χ0n) is 9.99. The summed E-state index contributed by atoms with van der Waals surface area (Å²) in [7, 11) is 0. The Morgan fingerprint density at radius 1 is 1.10 bits per heavy atom. The van der Waals surface area contributed by atoms with Gasteiger partial charge in [0.15, 0.2) is 0 Å². The molecule has 20 heavy (non-hydrogen) atoms. The van der Waals surface area contributed by atoms with Crippen LogP contribution >= 0.6 is 34.5 Å². The van der Waals surface area contributed by atoms with Crippen LogP contribution in [0.25, 0.3) is 10.1 Å². The zero-order valence-corrected chi connectivity index (χ0v) is 12.3. The number of thiophene rings is 1. The molecular weight excluding hydrogens is 318 g/mol. The molecule has 5 heteroatoms. The van der Waals surface area contributed by atoms with E-state index in [1.807, 2.05) is 0 Å². The van der Waals surface area contributed by atoms with Gasteiger partial charge in [0.05, 0.1) is 14.9 Å². The average molecular weight is 325 g/mol. The predicted molar refractivity (Wildman–Crippen MR) is 81.7 cm³/mol. The van der Waals surface area contributed by atoms with Gasteiger partial charge >= 0.3 is 0 Å². The lowest BCUT2D eigenvalue weighted by molar-refractivity contribution is 0.104. The number of hydrogen-bond acceptors (Lipinski definition) is 2. The number of benzene rings is 2. The van der Waals surface area contributed by atoms with Crippen molar-refractivity contribution in [3.8, 4) is 0 Å². The minimum Gasteiger partial charge on any atom is -0.288 e. The average Bonchev–Trinajstić information content (AvgIpc) is 2.84. The van der Waals surface area contributed by atoms with Gasteiger partial charge in [-0.2, -0.15) is 0 Å².